The van der Waals surface area contributed by atoms with Gasteiger partial charge in [0.25, 0.3) is 0 Å². The molecule has 2 aromatic carbocycles. The molecule has 188 valence electrons. The molecule has 1 aliphatic carbocycles. The molecule has 3 aromatic rings. The maximum atomic E-state index is 13.3. The van der Waals surface area contributed by atoms with Gasteiger partial charge in [-0.05, 0) is 62.8 Å². The van der Waals surface area contributed by atoms with Crippen molar-refractivity contribution in [2.75, 3.05) is 25.6 Å². The van der Waals surface area contributed by atoms with E-state index in [2.05, 4.69) is 10.3 Å². The summed E-state index contributed by atoms with van der Waals surface area (Å²) in [5.74, 6) is 0.772. The van der Waals surface area contributed by atoms with Crippen LogP contribution in [0.25, 0.3) is 16.5 Å². The van der Waals surface area contributed by atoms with Crippen molar-refractivity contribution < 1.29 is 23.8 Å². The van der Waals surface area contributed by atoms with Crippen molar-refractivity contribution in [3.63, 3.8) is 0 Å². The first kappa shape index (κ1) is 23.8. The third-order valence-corrected chi connectivity index (χ3v) is 6.74. The van der Waals surface area contributed by atoms with Crippen LogP contribution in [-0.2, 0) is 16.0 Å². The van der Waals surface area contributed by atoms with Gasteiger partial charge in [-0.25, -0.2) is 9.59 Å². The van der Waals surface area contributed by atoms with Crippen LogP contribution < -0.4 is 14.8 Å². The molecule has 0 unspecified atom stereocenters. The number of ether oxygens (including phenoxy) is 3. The van der Waals surface area contributed by atoms with E-state index in [-0.39, 0.29) is 18.7 Å². The molecule has 5 rings (SSSR count). The van der Waals surface area contributed by atoms with E-state index in [1.165, 1.54) is 4.90 Å². The molecule has 0 atom stereocenters. The number of hydrogen-bond donors (Lipinski definition) is 2. The number of para-hydroxylation sites is 1. The highest BCUT2D eigenvalue weighted by Gasteiger charge is 2.27. The van der Waals surface area contributed by atoms with Crippen LogP contribution in [0.15, 0.2) is 48.7 Å². The van der Waals surface area contributed by atoms with Crippen LogP contribution in [0.5, 0.6) is 11.5 Å². The Hall–Kier alpha value is -3.94. The van der Waals surface area contributed by atoms with E-state index in [0.29, 0.717) is 41.4 Å². The quantitative estimate of drug-likeness (QED) is 0.447. The monoisotopic (exact) mass is 489 g/mol. The maximum absolute atomic E-state index is 13.3. The lowest BCUT2D eigenvalue weighted by Crippen LogP contribution is -2.32. The fourth-order valence-corrected chi connectivity index (χ4v) is 4.96. The predicted octanol–water partition coefficient (Wildman–Crippen LogP) is 5.49. The second kappa shape index (κ2) is 10.4. The Labute approximate surface area is 210 Å². The summed E-state index contributed by atoms with van der Waals surface area (Å²) in [7, 11) is 1.60. The molecule has 0 spiro atoms. The first-order chi connectivity index (χ1) is 17.6. The average Bonchev–Trinajstić information content (AvgIpc) is 3.47. The minimum absolute atomic E-state index is 0.161. The van der Waals surface area contributed by atoms with Crippen molar-refractivity contribution >= 4 is 34.2 Å². The minimum atomic E-state index is -0.471. The van der Waals surface area contributed by atoms with Gasteiger partial charge >= 0.3 is 12.0 Å². The number of benzene rings is 2. The molecule has 0 bridgehead atoms. The van der Waals surface area contributed by atoms with E-state index in [9.17, 15) is 9.59 Å². The number of amides is 2. The lowest BCUT2D eigenvalue weighted by Gasteiger charge is -2.20. The van der Waals surface area contributed by atoms with E-state index in [1.807, 2.05) is 24.3 Å². The molecule has 1 saturated carbocycles. The van der Waals surface area contributed by atoms with E-state index in [4.69, 9.17) is 14.2 Å². The number of aromatic amines is 1. The highest BCUT2D eigenvalue weighted by Crippen LogP contribution is 2.35. The molecule has 0 radical (unpaired) electrons. The Bertz CT molecular complexity index is 1310. The van der Waals surface area contributed by atoms with Gasteiger partial charge in [0.05, 0.1) is 31.1 Å². The standard InChI is InChI=1S/C28H31N3O5/c1-3-35-27(32)22-17-31(15-14-21-20-10-6-7-11-23(20)30-26(21)22)28(33)29-18-12-13-24(34-2)25(16-18)36-19-8-4-5-9-19/h6-7,10-13,16-17,19,30H,3-5,8-9,14-15H2,1-2H3,(H,29,33). The Morgan fingerprint density at radius 1 is 1.11 bits per heavy atom. The van der Waals surface area contributed by atoms with Gasteiger partial charge < -0.3 is 24.5 Å². The van der Waals surface area contributed by atoms with Crippen molar-refractivity contribution in [1.82, 2.24) is 9.88 Å². The third-order valence-electron chi connectivity index (χ3n) is 6.74. The molecule has 0 saturated heterocycles. The normalized spacial score (nSPS) is 15.7. The molecule has 1 aromatic heterocycles. The summed E-state index contributed by atoms with van der Waals surface area (Å²) in [6.45, 7) is 2.42. The molecule has 36 heavy (non-hydrogen) atoms. The first-order valence-electron chi connectivity index (χ1n) is 12.5. The van der Waals surface area contributed by atoms with E-state index in [1.54, 1.807) is 38.4 Å². The van der Waals surface area contributed by atoms with Gasteiger partial charge in [0.1, 0.15) is 0 Å². The van der Waals surface area contributed by atoms with Gasteiger partial charge in [0, 0.05) is 35.4 Å². The Morgan fingerprint density at radius 2 is 1.92 bits per heavy atom. The Morgan fingerprint density at radius 3 is 2.69 bits per heavy atom. The molecule has 8 nitrogen and oxygen atoms in total. The minimum Gasteiger partial charge on any atom is -0.493 e. The zero-order valence-corrected chi connectivity index (χ0v) is 20.6. The number of methoxy groups -OCH3 is 1. The number of H-pyrrole nitrogens is 1. The fourth-order valence-electron chi connectivity index (χ4n) is 4.96. The summed E-state index contributed by atoms with van der Waals surface area (Å²) in [6.07, 6.45) is 6.68. The Balaban J connectivity index is 1.41. The number of esters is 1. The molecule has 2 aliphatic rings. The molecule has 1 aliphatic heterocycles. The van der Waals surface area contributed by atoms with Crippen LogP contribution in [0.2, 0.25) is 0 Å². The van der Waals surface area contributed by atoms with Crippen molar-refractivity contribution in [3.8, 4) is 11.5 Å². The summed E-state index contributed by atoms with van der Waals surface area (Å²) in [6, 6.07) is 12.9. The predicted molar refractivity (Wildman–Crippen MR) is 138 cm³/mol. The van der Waals surface area contributed by atoms with Crippen molar-refractivity contribution in [3.05, 3.63) is 59.9 Å². The van der Waals surface area contributed by atoms with Crippen LogP contribution >= 0.6 is 0 Å². The smallest absolute Gasteiger partial charge is 0.341 e. The number of nitrogens with one attached hydrogen (secondary N) is 2. The number of carbonyl (C=O) groups is 2. The SMILES string of the molecule is CCOC(=O)C1=CN(C(=O)Nc2ccc(OC)c(OC3CCCC3)c2)CCc2c1[nH]c1ccccc21. The highest BCUT2D eigenvalue weighted by molar-refractivity contribution is 6.18. The summed E-state index contributed by atoms with van der Waals surface area (Å²) < 4.78 is 17.0. The number of anilines is 1. The number of aromatic nitrogens is 1. The lowest BCUT2D eigenvalue weighted by atomic mass is 10.0. The molecular formula is C28H31N3O5. The van der Waals surface area contributed by atoms with Crippen LogP contribution in [-0.4, -0.2) is 48.2 Å². The largest absolute Gasteiger partial charge is 0.493 e. The highest BCUT2D eigenvalue weighted by atomic mass is 16.5. The molecule has 2 amide bonds. The molecule has 8 heteroatoms. The average molecular weight is 490 g/mol. The van der Waals surface area contributed by atoms with Crippen LogP contribution in [0.3, 0.4) is 0 Å². The summed E-state index contributed by atoms with van der Waals surface area (Å²) >= 11 is 0. The zero-order valence-electron chi connectivity index (χ0n) is 20.6. The van der Waals surface area contributed by atoms with Crippen molar-refractivity contribution in [1.29, 1.82) is 0 Å². The third kappa shape index (κ3) is 4.76. The topological polar surface area (TPSA) is 92.9 Å². The van der Waals surface area contributed by atoms with Crippen LogP contribution in [0.1, 0.15) is 43.9 Å². The molecular weight excluding hydrogens is 458 g/mol. The zero-order chi connectivity index (χ0) is 25.1. The van der Waals surface area contributed by atoms with Gasteiger partial charge in [-0.15, -0.1) is 0 Å². The number of hydrogen-bond acceptors (Lipinski definition) is 5. The summed E-state index contributed by atoms with van der Waals surface area (Å²) in [5.41, 5.74) is 3.56. The number of carbonyl (C=O) groups excluding carboxylic acids is 2. The van der Waals surface area contributed by atoms with Crippen molar-refractivity contribution in [2.24, 2.45) is 0 Å². The second-order valence-corrected chi connectivity index (χ2v) is 9.05. The Kier molecular flexibility index (Phi) is 6.84. The number of fused-ring (bicyclic) bond motifs is 3. The van der Waals surface area contributed by atoms with Gasteiger partial charge in [0.15, 0.2) is 11.5 Å². The van der Waals surface area contributed by atoms with Gasteiger partial charge in [-0.2, -0.15) is 0 Å². The number of nitrogens with zero attached hydrogens (tertiary/aromatic N) is 1. The van der Waals surface area contributed by atoms with E-state index >= 15 is 0 Å². The number of urea groups is 1. The number of rotatable bonds is 6. The van der Waals surface area contributed by atoms with Crippen molar-refractivity contribution in [2.45, 2.75) is 45.1 Å². The summed E-state index contributed by atoms with van der Waals surface area (Å²) in [5, 5.41) is 3.98. The first-order valence-corrected chi connectivity index (χ1v) is 12.5. The van der Waals surface area contributed by atoms with Crippen LogP contribution in [0.4, 0.5) is 10.5 Å². The lowest BCUT2D eigenvalue weighted by molar-refractivity contribution is -0.136. The fraction of sp³-hybridized carbons (Fsp3) is 0.357. The van der Waals surface area contributed by atoms with Gasteiger partial charge in [-0.3, -0.25) is 4.90 Å². The molecule has 2 N–H and O–H groups in total. The second-order valence-electron chi connectivity index (χ2n) is 9.05. The summed E-state index contributed by atoms with van der Waals surface area (Å²) in [4.78, 5) is 31.1. The van der Waals surface area contributed by atoms with E-state index < -0.39 is 5.97 Å². The van der Waals surface area contributed by atoms with Gasteiger partial charge in [0.2, 0.25) is 0 Å². The maximum Gasteiger partial charge on any atom is 0.341 e. The van der Waals surface area contributed by atoms with Gasteiger partial charge in [-0.1, -0.05) is 18.2 Å². The molecule has 2 heterocycles. The molecule has 1 fully saturated rings. The van der Waals surface area contributed by atoms with E-state index in [0.717, 1.165) is 42.1 Å². The van der Waals surface area contributed by atoms with Crippen LogP contribution in [0, 0.1) is 0 Å².